The van der Waals surface area contributed by atoms with E-state index in [0.29, 0.717) is 19.5 Å². The van der Waals surface area contributed by atoms with Gasteiger partial charge in [-0.3, -0.25) is 9.59 Å². The Morgan fingerprint density at radius 3 is 2.56 bits per heavy atom. The molecule has 1 aromatic rings. The molecular formula is C20H24N2O3. The molecule has 5 nitrogen and oxygen atoms in total. The van der Waals surface area contributed by atoms with Gasteiger partial charge in [0.1, 0.15) is 5.75 Å². The van der Waals surface area contributed by atoms with Gasteiger partial charge in [-0.1, -0.05) is 12.2 Å². The van der Waals surface area contributed by atoms with Crippen LogP contribution in [0.2, 0.25) is 0 Å². The fraction of sp³-hybridized carbons (Fsp3) is 0.500. The summed E-state index contributed by atoms with van der Waals surface area (Å²) < 4.78 is 5.19. The van der Waals surface area contributed by atoms with E-state index in [2.05, 4.69) is 12.2 Å². The molecule has 2 heterocycles. The number of anilines is 1. The summed E-state index contributed by atoms with van der Waals surface area (Å²) in [7, 11) is 1.63. The second-order valence-corrected chi connectivity index (χ2v) is 7.50. The van der Waals surface area contributed by atoms with Gasteiger partial charge in [0.05, 0.1) is 7.11 Å². The number of likely N-dealkylation sites (tertiary alicyclic amines) is 1. The van der Waals surface area contributed by atoms with Crippen molar-refractivity contribution in [1.29, 1.82) is 0 Å². The quantitative estimate of drug-likeness (QED) is 0.795. The minimum atomic E-state index is -0.0846. The van der Waals surface area contributed by atoms with Crippen molar-refractivity contribution in [2.45, 2.75) is 25.7 Å². The summed E-state index contributed by atoms with van der Waals surface area (Å²) in [5.74, 6) is 1.32. The van der Waals surface area contributed by atoms with Crippen molar-refractivity contribution < 1.29 is 14.3 Å². The number of hydrogen-bond acceptors (Lipinski definition) is 3. The lowest BCUT2D eigenvalue weighted by atomic mass is 9.86. The molecule has 0 saturated carbocycles. The third-order valence-corrected chi connectivity index (χ3v) is 5.81. The highest BCUT2D eigenvalue weighted by Crippen LogP contribution is 2.42. The van der Waals surface area contributed by atoms with Crippen LogP contribution in [0.15, 0.2) is 36.4 Å². The number of methoxy groups -OCH3 is 1. The maximum absolute atomic E-state index is 12.7. The summed E-state index contributed by atoms with van der Waals surface area (Å²) in [5, 5.41) is 0. The summed E-state index contributed by atoms with van der Waals surface area (Å²) in [4.78, 5) is 29.1. The second kappa shape index (κ2) is 6.21. The lowest BCUT2D eigenvalue weighted by Crippen LogP contribution is -2.36. The molecule has 1 aromatic carbocycles. The molecule has 132 valence electrons. The van der Waals surface area contributed by atoms with Gasteiger partial charge < -0.3 is 14.5 Å². The first kappa shape index (κ1) is 16.2. The highest BCUT2D eigenvalue weighted by molar-refractivity contribution is 5.96. The van der Waals surface area contributed by atoms with Gasteiger partial charge in [0.2, 0.25) is 11.8 Å². The van der Waals surface area contributed by atoms with Crippen molar-refractivity contribution >= 4 is 17.5 Å². The third-order valence-electron chi connectivity index (χ3n) is 5.81. The van der Waals surface area contributed by atoms with Crippen LogP contribution in [0.4, 0.5) is 5.69 Å². The number of hydrogen-bond donors (Lipinski definition) is 0. The molecular weight excluding hydrogens is 316 g/mol. The van der Waals surface area contributed by atoms with E-state index >= 15 is 0 Å². The van der Waals surface area contributed by atoms with Gasteiger partial charge in [0.25, 0.3) is 0 Å². The van der Waals surface area contributed by atoms with Crippen LogP contribution in [-0.2, 0) is 9.59 Å². The number of amides is 2. The van der Waals surface area contributed by atoms with E-state index in [-0.39, 0.29) is 23.1 Å². The number of benzene rings is 1. The van der Waals surface area contributed by atoms with Gasteiger partial charge in [0, 0.05) is 43.1 Å². The van der Waals surface area contributed by atoms with Crippen molar-refractivity contribution in [3.8, 4) is 5.75 Å². The monoisotopic (exact) mass is 340 g/mol. The largest absolute Gasteiger partial charge is 0.497 e. The van der Waals surface area contributed by atoms with Crippen LogP contribution in [0, 0.1) is 11.3 Å². The molecule has 2 saturated heterocycles. The average molecular weight is 340 g/mol. The number of carbonyl (C=O) groups is 2. The molecule has 0 N–H and O–H groups in total. The Bertz CT molecular complexity index is 704. The van der Waals surface area contributed by atoms with E-state index in [1.165, 1.54) is 0 Å². The number of allylic oxidation sites excluding steroid dienone is 2. The summed E-state index contributed by atoms with van der Waals surface area (Å²) in [5.41, 5.74) is 0.825. The van der Waals surface area contributed by atoms with Crippen LogP contribution in [0.5, 0.6) is 5.75 Å². The average Bonchev–Trinajstić information content (AvgIpc) is 3.36. The van der Waals surface area contributed by atoms with Gasteiger partial charge in [-0.05, 0) is 43.5 Å². The molecule has 1 aliphatic carbocycles. The predicted octanol–water partition coefficient (Wildman–Crippen LogP) is 2.62. The second-order valence-electron chi connectivity index (χ2n) is 7.50. The summed E-state index contributed by atoms with van der Waals surface area (Å²) in [6.07, 6.45) is 7.36. The first-order valence-corrected chi connectivity index (χ1v) is 8.98. The minimum Gasteiger partial charge on any atom is -0.497 e. The van der Waals surface area contributed by atoms with Crippen LogP contribution in [0.1, 0.15) is 25.7 Å². The molecule has 0 radical (unpaired) electrons. The maximum Gasteiger partial charge on any atom is 0.227 e. The first-order chi connectivity index (χ1) is 12.1. The molecule has 2 fully saturated rings. The van der Waals surface area contributed by atoms with Crippen molar-refractivity contribution in [1.82, 2.24) is 4.90 Å². The van der Waals surface area contributed by atoms with Crippen molar-refractivity contribution in [2.75, 3.05) is 31.6 Å². The highest BCUT2D eigenvalue weighted by atomic mass is 16.5. The van der Waals surface area contributed by atoms with E-state index in [0.717, 1.165) is 37.2 Å². The Morgan fingerprint density at radius 2 is 1.88 bits per heavy atom. The molecule has 1 atom stereocenters. The molecule has 3 aliphatic rings. The van der Waals surface area contributed by atoms with Gasteiger partial charge in [-0.25, -0.2) is 0 Å². The molecule has 4 rings (SSSR count). The SMILES string of the molecule is COc1ccc(N2CC3(CCN(C(=O)C4CC=CC4)C3)CC2=O)cc1. The normalized spacial score (nSPS) is 26.2. The fourth-order valence-corrected chi connectivity index (χ4v) is 4.37. The Balaban J connectivity index is 1.45. The molecule has 5 heteroatoms. The molecule has 2 amide bonds. The van der Waals surface area contributed by atoms with Crippen molar-refractivity contribution in [3.63, 3.8) is 0 Å². The zero-order valence-corrected chi connectivity index (χ0v) is 14.6. The lowest BCUT2D eigenvalue weighted by Gasteiger charge is -2.25. The molecule has 0 bridgehead atoms. The predicted molar refractivity (Wildman–Crippen MR) is 95.5 cm³/mol. The molecule has 25 heavy (non-hydrogen) atoms. The van der Waals surface area contributed by atoms with Crippen LogP contribution in [0.3, 0.4) is 0 Å². The molecule has 1 spiro atoms. The number of carbonyl (C=O) groups excluding carboxylic acids is 2. The van der Waals surface area contributed by atoms with Crippen LogP contribution in [-0.4, -0.2) is 43.5 Å². The summed E-state index contributed by atoms with van der Waals surface area (Å²) in [6.45, 7) is 2.19. The lowest BCUT2D eigenvalue weighted by molar-refractivity contribution is -0.134. The zero-order chi connectivity index (χ0) is 17.4. The van der Waals surface area contributed by atoms with Crippen LogP contribution in [0.25, 0.3) is 0 Å². The van der Waals surface area contributed by atoms with E-state index < -0.39 is 0 Å². The van der Waals surface area contributed by atoms with Gasteiger partial charge in [0.15, 0.2) is 0 Å². The first-order valence-electron chi connectivity index (χ1n) is 8.98. The van der Waals surface area contributed by atoms with E-state index in [1.54, 1.807) is 7.11 Å². The van der Waals surface area contributed by atoms with Gasteiger partial charge in [-0.2, -0.15) is 0 Å². The smallest absolute Gasteiger partial charge is 0.227 e. The van der Waals surface area contributed by atoms with E-state index in [9.17, 15) is 9.59 Å². The molecule has 0 aromatic heterocycles. The summed E-state index contributed by atoms with van der Waals surface area (Å²) >= 11 is 0. The Kier molecular flexibility index (Phi) is 4.02. The number of ether oxygens (including phenoxy) is 1. The summed E-state index contributed by atoms with van der Waals surface area (Å²) in [6, 6.07) is 7.62. The molecule has 2 aliphatic heterocycles. The Morgan fingerprint density at radius 1 is 1.16 bits per heavy atom. The van der Waals surface area contributed by atoms with Crippen molar-refractivity contribution in [2.24, 2.45) is 11.3 Å². The Hall–Kier alpha value is -2.30. The van der Waals surface area contributed by atoms with E-state index in [4.69, 9.17) is 4.74 Å². The third kappa shape index (κ3) is 2.92. The molecule has 1 unspecified atom stereocenters. The topological polar surface area (TPSA) is 49.9 Å². The fourth-order valence-electron chi connectivity index (χ4n) is 4.37. The van der Waals surface area contributed by atoms with Crippen LogP contribution >= 0.6 is 0 Å². The standard InChI is InChI=1S/C20H24N2O3/c1-25-17-8-6-16(7-9-17)22-14-20(12-18(22)23)10-11-21(13-20)19(24)15-4-2-3-5-15/h2-3,6-9,15H,4-5,10-14H2,1H3. The highest BCUT2D eigenvalue weighted by Gasteiger charge is 2.49. The Labute approximate surface area is 148 Å². The number of nitrogens with zero attached hydrogens (tertiary/aromatic N) is 2. The van der Waals surface area contributed by atoms with Gasteiger partial charge in [-0.15, -0.1) is 0 Å². The van der Waals surface area contributed by atoms with E-state index in [1.807, 2.05) is 34.1 Å². The van der Waals surface area contributed by atoms with Crippen LogP contribution < -0.4 is 9.64 Å². The zero-order valence-electron chi connectivity index (χ0n) is 14.6. The van der Waals surface area contributed by atoms with Crippen molar-refractivity contribution in [3.05, 3.63) is 36.4 Å². The number of rotatable bonds is 3. The minimum absolute atomic E-state index is 0.0846. The maximum atomic E-state index is 12.7. The van der Waals surface area contributed by atoms with Gasteiger partial charge >= 0.3 is 0 Å².